The third kappa shape index (κ3) is 4.39. The Morgan fingerprint density at radius 1 is 1.50 bits per heavy atom. The molecule has 6 nitrogen and oxygen atoms in total. The van der Waals surface area contributed by atoms with Crippen molar-refractivity contribution >= 4 is 5.91 Å². The van der Waals surface area contributed by atoms with E-state index in [1.165, 1.54) is 6.33 Å². The molecule has 1 heterocycles. The smallest absolute Gasteiger partial charge is 0.237 e. The summed E-state index contributed by atoms with van der Waals surface area (Å²) in [5.74, 6) is 0.574. The third-order valence-corrected chi connectivity index (χ3v) is 2.02. The number of nitrogens with one attached hydrogen (secondary N) is 2. The average molecular weight is 226 g/mol. The zero-order valence-electron chi connectivity index (χ0n) is 9.86. The van der Waals surface area contributed by atoms with E-state index in [-0.39, 0.29) is 18.0 Å². The van der Waals surface area contributed by atoms with Crippen molar-refractivity contribution in [1.29, 1.82) is 0 Å². The van der Waals surface area contributed by atoms with Gasteiger partial charge in [0.05, 0.1) is 6.04 Å². The van der Waals surface area contributed by atoms with Gasteiger partial charge in [0.25, 0.3) is 0 Å². The third-order valence-electron chi connectivity index (χ3n) is 2.02. The predicted octanol–water partition coefficient (Wildman–Crippen LogP) is 0.115. The highest BCUT2D eigenvalue weighted by atomic mass is 16.5. The van der Waals surface area contributed by atoms with E-state index in [1.807, 2.05) is 20.8 Å². The molecule has 16 heavy (non-hydrogen) atoms. The Hall–Kier alpha value is -1.43. The Balaban J connectivity index is 2.19. The maximum atomic E-state index is 11.5. The van der Waals surface area contributed by atoms with Crippen molar-refractivity contribution in [2.45, 2.75) is 39.3 Å². The largest absolute Gasteiger partial charge is 0.353 e. The molecule has 0 bridgehead atoms. The molecule has 1 aromatic rings. The minimum Gasteiger partial charge on any atom is -0.353 e. The summed E-state index contributed by atoms with van der Waals surface area (Å²) in [4.78, 5) is 15.4. The summed E-state index contributed by atoms with van der Waals surface area (Å²) in [6.45, 7) is 6.33. The van der Waals surface area contributed by atoms with Gasteiger partial charge in [0.15, 0.2) is 6.33 Å². The van der Waals surface area contributed by atoms with Crippen LogP contribution in [0, 0.1) is 0 Å². The lowest BCUT2D eigenvalue weighted by Gasteiger charge is -2.15. The molecular weight excluding hydrogens is 208 g/mol. The molecule has 1 amide bonds. The Kier molecular flexibility index (Phi) is 4.91. The highest BCUT2D eigenvalue weighted by Crippen LogP contribution is 1.92. The summed E-state index contributed by atoms with van der Waals surface area (Å²) in [6.07, 6.45) is 1.99. The van der Waals surface area contributed by atoms with E-state index >= 15 is 0 Å². The van der Waals surface area contributed by atoms with Crippen LogP contribution in [0.15, 0.2) is 10.9 Å². The maximum Gasteiger partial charge on any atom is 0.237 e. The van der Waals surface area contributed by atoms with E-state index in [0.717, 1.165) is 0 Å². The lowest BCUT2D eigenvalue weighted by molar-refractivity contribution is -0.123. The standard InChI is InChI=1S/C10H18N4O2/c1-7(2)14-10(15)8(3)11-5-4-9-12-6-13-16-9/h6-8,11H,4-5H2,1-3H3,(H,14,15). The first kappa shape index (κ1) is 12.6. The van der Waals surface area contributed by atoms with E-state index in [2.05, 4.69) is 20.8 Å². The molecular formula is C10H18N4O2. The molecule has 2 N–H and O–H groups in total. The Morgan fingerprint density at radius 2 is 2.25 bits per heavy atom. The zero-order chi connectivity index (χ0) is 12.0. The van der Waals surface area contributed by atoms with E-state index in [4.69, 9.17) is 4.52 Å². The maximum absolute atomic E-state index is 11.5. The van der Waals surface area contributed by atoms with Gasteiger partial charge < -0.3 is 15.2 Å². The van der Waals surface area contributed by atoms with Crippen LogP contribution in [0.4, 0.5) is 0 Å². The van der Waals surface area contributed by atoms with E-state index in [1.54, 1.807) is 0 Å². The second-order valence-corrected chi connectivity index (χ2v) is 3.92. The van der Waals surface area contributed by atoms with Crippen LogP contribution in [0.5, 0.6) is 0 Å². The number of carbonyl (C=O) groups is 1. The van der Waals surface area contributed by atoms with Crippen molar-refractivity contribution in [3.8, 4) is 0 Å². The fraction of sp³-hybridized carbons (Fsp3) is 0.700. The molecule has 0 aliphatic carbocycles. The van der Waals surface area contributed by atoms with Gasteiger partial charge in [-0.15, -0.1) is 0 Å². The molecule has 1 unspecified atom stereocenters. The summed E-state index contributed by atoms with van der Waals surface area (Å²) in [5.41, 5.74) is 0. The van der Waals surface area contributed by atoms with Crippen molar-refractivity contribution in [3.63, 3.8) is 0 Å². The Bertz CT molecular complexity index is 311. The van der Waals surface area contributed by atoms with Crippen LogP contribution in [-0.2, 0) is 11.2 Å². The number of nitrogens with zero attached hydrogens (tertiary/aromatic N) is 2. The van der Waals surface area contributed by atoms with Crippen LogP contribution < -0.4 is 10.6 Å². The molecule has 1 atom stereocenters. The summed E-state index contributed by atoms with van der Waals surface area (Å²) < 4.78 is 4.84. The van der Waals surface area contributed by atoms with Crippen LogP contribution >= 0.6 is 0 Å². The molecule has 90 valence electrons. The van der Waals surface area contributed by atoms with E-state index in [9.17, 15) is 4.79 Å². The van der Waals surface area contributed by atoms with Crippen molar-refractivity contribution in [1.82, 2.24) is 20.8 Å². The van der Waals surface area contributed by atoms with Gasteiger partial charge in [0, 0.05) is 19.0 Å². The SMILES string of the molecule is CC(C)NC(=O)C(C)NCCc1ncno1. The molecule has 0 aliphatic heterocycles. The first-order valence-electron chi connectivity index (χ1n) is 5.39. The molecule has 0 saturated heterocycles. The fourth-order valence-corrected chi connectivity index (χ4v) is 1.20. The Morgan fingerprint density at radius 3 is 2.81 bits per heavy atom. The predicted molar refractivity (Wildman–Crippen MR) is 58.7 cm³/mol. The number of rotatable bonds is 6. The lowest BCUT2D eigenvalue weighted by atomic mass is 10.2. The van der Waals surface area contributed by atoms with Gasteiger partial charge in [0.1, 0.15) is 0 Å². The number of amides is 1. The minimum absolute atomic E-state index is 0.000490. The quantitative estimate of drug-likeness (QED) is 0.720. The summed E-state index contributed by atoms with van der Waals surface area (Å²) in [5, 5.41) is 9.42. The number of aromatic nitrogens is 2. The minimum atomic E-state index is -0.217. The van der Waals surface area contributed by atoms with Gasteiger partial charge in [-0.1, -0.05) is 5.16 Å². The molecule has 0 radical (unpaired) electrons. The summed E-state index contributed by atoms with van der Waals surface area (Å²) in [7, 11) is 0. The topological polar surface area (TPSA) is 80.0 Å². The number of hydrogen-bond donors (Lipinski definition) is 2. The van der Waals surface area contributed by atoms with Crippen LogP contribution in [0.2, 0.25) is 0 Å². The second-order valence-electron chi connectivity index (χ2n) is 3.92. The molecule has 0 saturated carbocycles. The number of hydrogen-bond acceptors (Lipinski definition) is 5. The molecule has 1 aromatic heterocycles. The molecule has 0 aromatic carbocycles. The van der Waals surface area contributed by atoms with E-state index < -0.39 is 0 Å². The van der Waals surface area contributed by atoms with E-state index in [0.29, 0.717) is 18.9 Å². The monoisotopic (exact) mass is 226 g/mol. The molecule has 0 aliphatic rings. The van der Waals surface area contributed by atoms with Crippen molar-refractivity contribution in [3.05, 3.63) is 12.2 Å². The normalized spacial score (nSPS) is 12.8. The zero-order valence-corrected chi connectivity index (χ0v) is 9.86. The molecule has 0 spiro atoms. The van der Waals surface area contributed by atoms with Gasteiger partial charge in [-0.2, -0.15) is 4.98 Å². The first-order valence-corrected chi connectivity index (χ1v) is 5.39. The number of carbonyl (C=O) groups excluding carboxylic acids is 1. The molecule has 0 fully saturated rings. The van der Waals surface area contributed by atoms with Crippen LogP contribution in [0.3, 0.4) is 0 Å². The second kappa shape index (κ2) is 6.22. The van der Waals surface area contributed by atoms with Gasteiger partial charge in [-0.3, -0.25) is 4.79 Å². The van der Waals surface area contributed by atoms with Crippen LogP contribution in [-0.4, -0.2) is 34.7 Å². The first-order chi connectivity index (χ1) is 7.59. The van der Waals surface area contributed by atoms with Gasteiger partial charge >= 0.3 is 0 Å². The lowest BCUT2D eigenvalue weighted by Crippen LogP contribution is -2.45. The van der Waals surface area contributed by atoms with Crippen molar-refractivity contribution in [2.75, 3.05) is 6.54 Å². The molecule has 6 heteroatoms. The van der Waals surface area contributed by atoms with Crippen LogP contribution in [0.1, 0.15) is 26.7 Å². The Labute approximate surface area is 94.8 Å². The van der Waals surface area contributed by atoms with Crippen molar-refractivity contribution in [2.24, 2.45) is 0 Å². The van der Waals surface area contributed by atoms with Gasteiger partial charge in [-0.25, -0.2) is 0 Å². The fourth-order valence-electron chi connectivity index (χ4n) is 1.20. The summed E-state index contributed by atoms with van der Waals surface area (Å²) >= 11 is 0. The van der Waals surface area contributed by atoms with Crippen molar-refractivity contribution < 1.29 is 9.32 Å². The van der Waals surface area contributed by atoms with Crippen LogP contribution in [0.25, 0.3) is 0 Å². The summed E-state index contributed by atoms with van der Waals surface area (Å²) in [6, 6.07) is -0.0574. The average Bonchev–Trinajstić information content (AvgIpc) is 2.69. The highest BCUT2D eigenvalue weighted by Gasteiger charge is 2.12. The molecule has 1 rings (SSSR count). The van der Waals surface area contributed by atoms with Gasteiger partial charge in [-0.05, 0) is 20.8 Å². The highest BCUT2D eigenvalue weighted by molar-refractivity contribution is 5.81. The van der Waals surface area contributed by atoms with Gasteiger partial charge in [0.2, 0.25) is 11.8 Å².